The van der Waals surface area contributed by atoms with E-state index in [4.69, 9.17) is 15.2 Å². The molecule has 0 fully saturated rings. The summed E-state index contributed by atoms with van der Waals surface area (Å²) in [6.07, 6.45) is 0. The van der Waals surface area contributed by atoms with Gasteiger partial charge in [-0.05, 0) is 36.4 Å². The molecule has 4 heteroatoms. The molecule has 0 aliphatic carbocycles. The molecule has 0 heterocycles. The molecule has 2 aromatic rings. The number of rotatable bonds is 3. The van der Waals surface area contributed by atoms with Gasteiger partial charge >= 0.3 is 0 Å². The number of para-hydroxylation sites is 2. The molecule has 2 aromatic carbocycles. The van der Waals surface area contributed by atoms with Crippen LogP contribution in [0.5, 0.6) is 17.2 Å². The molecule has 17 heavy (non-hydrogen) atoms. The number of benzene rings is 2. The first kappa shape index (κ1) is 13.2. The Bertz CT molecular complexity index is 471. The molecule has 3 nitrogen and oxygen atoms in total. The Morgan fingerprint density at radius 1 is 0.882 bits per heavy atom. The second kappa shape index (κ2) is 6.01. The van der Waals surface area contributed by atoms with Crippen LogP contribution in [-0.2, 0) is 0 Å². The van der Waals surface area contributed by atoms with Gasteiger partial charge < -0.3 is 15.2 Å². The third kappa shape index (κ3) is 3.29. The van der Waals surface area contributed by atoms with Gasteiger partial charge in [0.1, 0.15) is 17.2 Å². The highest BCUT2D eigenvalue weighted by molar-refractivity contribution is 5.85. The Kier molecular flexibility index (Phi) is 4.67. The minimum atomic E-state index is 0. The van der Waals surface area contributed by atoms with Crippen molar-refractivity contribution in [1.29, 1.82) is 0 Å². The zero-order chi connectivity index (χ0) is 11.4. The number of ether oxygens (including phenoxy) is 2. The molecule has 2 rings (SSSR count). The van der Waals surface area contributed by atoms with Crippen molar-refractivity contribution in [3.63, 3.8) is 0 Å². The first-order valence-corrected chi connectivity index (χ1v) is 4.96. The zero-order valence-electron chi connectivity index (χ0n) is 9.42. The fourth-order valence-electron chi connectivity index (χ4n) is 1.34. The maximum Gasteiger partial charge on any atom is 0.150 e. The van der Waals surface area contributed by atoms with Crippen molar-refractivity contribution < 1.29 is 9.47 Å². The molecular weight excluding hydrogens is 238 g/mol. The summed E-state index contributed by atoms with van der Waals surface area (Å²) in [6, 6.07) is 14.8. The number of hydrogen-bond donors (Lipinski definition) is 1. The minimum absolute atomic E-state index is 0. The molecule has 0 atom stereocenters. The Morgan fingerprint density at radius 2 is 1.47 bits per heavy atom. The van der Waals surface area contributed by atoms with Gasteiger partial charge in [-0.15, -0.1) is 12.4 Å². The number of nitrogen functional groups attached to an aromatic ring is 1. The van der Waals surface area contributed by atoms with Gasteiger partial charge in [0.15, 0.2) is 0 Å². The Morgan fingerprint density at radius 3 is 2.06 bits per heavy atom. The van der Waals surface area contributed by atoms with E-state index in [2.05, 4.69) is 0 Å². The average molecular weight is 252 g/mol. The van der Waals surface area contributed by atoms with E-state index in [1.807, 2.05) is 42.5 Å². The summed E-state index contributed by atoms with van der Waals surface area (Å²) in [5, 5.41) is 0. The first-order valence-electron chi connectivity index (χ1n) is 4.96. The van der Waals surface area contributed by atoms with Gasteiger partial charge in [0.2, 0.25) is 0 Å². The zero-order valence-corrected chi connectivity index (χ0v) is 10.2. The number of nitrogens with two attached hydrogens (primary N) is 1. The van der Waals surface area contributed by atoms with Crippen LogP contribution < -0.4 is 15.2 Å². The molecule has 0 radical (unpaired) electrons. The fourth-order valence-corrected chi connectivity index (χ4v) is 1.34. The number of hydrogen-bond acceptors (Lipinski definition) is 3. The average Bonchev–Trinajstić information content (AvgIpc) is 2.33. The van der Waals surface area contributed by atoms with Crippen molar-refractivity contribution in [3.8, 4) is 17.2 Å². The second-order valence-corrected chi connectivity index (χ2v) is 3.32. The fraction of sp³-hybridized carbons (Fsp3) is 0.0769. The maximum absolute atomic E-state index is 5.77. The third-order valence-corrected chi connectivity index (χ3v) is 2.21. The summed E-state index contributed by atoms with van der Waals surface area (Å²) in [5.74, 6) is 2.19. The van der Waals surface area contributed by atoms with Crippen molar-refractivity contribution in [1.82, 2.24) is 0 Å². The van der Waals surface area contributed by atoms with E-state index in [1.165, 1.54) is 0 Å². The van der Waals surface area contributed by atoms with Crippen LogP contribution in [0.25, 0.3) is 0 Å². The molecule has 90 valence electrons. The Labute approximate surface area is 107 Å². The van der Waals surface area contributed by atoms with Crippen LogP contribution in [0.1, 0.15) is 0 Å². The van der Waals surface area contributed by atoms with Crippen molar-refractivity contribution in [3.05, 3.63) is 48.5 Å². The van der Waals surface area contributed by atoms with Gasteiger partial charge in [0.25, 0.3) is 0 Å². The lowest BCUT2D eigenvalue weighted by molar-refractivity contribution is 0.413. The van der Waals surface area contributed by atoms with E-state index < -0.39 is 0 Å². The van der Waals surface area contributed by atoms with Crippen molar-refractivity contribution >= 4 is 18.1 Å². The molecule has 0 bridgehead atoms. The largest absolute Gasteiger partial charge is 0.497 e. The second-order valence-electron chi connectivity index (χ2n) is 3.32. The lowest BCUT2D eigenvalue weighted by atomic mass is 10.3. The molecule has 0 aliphatic rings. The summed E-state index contributed by atoms with van der Waals surface area (Å²) in [5.41, 5.74) is 6.40. The molecule has 2 N–H and O–H groups in total. The summed E-state index contributed by atoms with van der Waals surface area (Å²) < 4.78 is 10.7. The smallest absolute Gasteiger partial charge is 0.150 e. The molecule has 0 saturated heterocycles. The minimum Gasteiger partial charge on any atom is -0.497 e. The van der Waals surface area contributed by atoms with Crippen molar-refractivity contribution in [2.75, 3.05) is 12.8 Å². The van der Waals surface area contributed by atoms with Crippen LogP contribution in [-0.4, -0.2) is 7.11 Å². The van der Waals surface area contributed by atoms with Gasteiger partial charge in [0, 0.05) is 0 Å². The van der Waals surface area contributed by atoms with E-state index >= 15 is 0 Å². The SMILES string of the molecule is COc1ccc(Oc2ccccc2N)cc1.Cl. The maximum atomic E-state index is 5.77. The topological polar surface area (TPSA) is 44.5 Å². The lowest BCUT2D eigenvalue weighted by Gasteiger charge is -2.08. The quantitative estimate of drug-likeness (QED) is 0.850. The van der Waals surface area contributed by atoms with Crippen LogP contribution in [0.2, 0.25) is 0 Å². The Balaban J connectivity index is 0.00000144. The first-order chi connectivity index (χ1) is 7.79. The molecule has 0 spiro atoms. The molecule has 0 aliphatic heterocycles. The number of anilines is 1. The highest BCUT2D eigenvalue weighted by atomic mass is 35.5. The van der Waals surface area contributed by atoms with Crippen LogP contribution in [0, 0.1) is 0 Å². The summed E-state index contributed by atoms with van der Waals surface area (Å²) >= 11 is 0. The molecule has 0 saturated carbocycles. The lowest BCUT2D eigenvalue weighted by Crippen LogP contribution is -1.91. The number of halogens is 1. The van der Waals surface area contributed by atoms with Gasteiger partial charge in [0.05, 0.1) is 12.8 Å². The van der Waals surface area contributed by atoms with Crippen molar-refractivity contribution in [2.24, 2.45) is 0 Å². The molecule has 0 unspecified atom stereocenters. The molecule has 0 aromatic heterocycles. The highest BCUT2D eigenvalue weighted by Gasteiger charge is 2.00. The summed E-state index contributed by atoms with van der Waals surface area (Å²) in [4.78, 5) is 0. The van der Waals surface area contributed by atoms with Gasteiger partial charge in [-0.25, -0.2) is 0 Å². The van der Waals surface area contributed by atoms with Crippen LogP contribution in [0.15, 0.2) is 48.5 Å². The van der Waals surface area contributed by atoms with E-state index in [0.29, 0.717) is 11.4 Å². The molecular formula is C13H14ClNO2. The van der Waals surface area contributed by atoms with E-state index in [9.17, 15) is 0 Å². The van der Waals surface area contributed by atoms with Gasteiger partial charge in [-0.3, -0.25) is 0 Å². The monoisotopic (exact) mass is 251 g/mol. The summed E-state index contributed by atoms with van der Waals surface area (Å²) in [6.45, 7) is 0. The highest BCUT2D eigenvalue weighted by Crippen LogP contribution is 2.27. The predicted molar refractivity (Wildman–Crippen MR) is 71.2 cm³/mol. The van der Waals surface area contributed by atoms with Crippen LogP contribution >= 0.6 is 12.4 Å². The normalized spacial score (nSPS) is 9.24. The number of methoxy groups -OCH3 is 1. The van der Waals surface area contributed by atoms with Gasteiger partial charge in [-0.1, -0.05) is 12.1 Å². The third-order valence-electron chi connectivity index (χ3n) is 2.21. The molecule has 0 amide bonds. The standard InChI is InChI=1S/C13H13NO2.ClH/c1-15-10-6-8-11(9-7-10)16-13-5-3-2-4-12(13)14;/h2-9H,14H2,1H3;1H. The van der Waals surface area contributed by atoms with Gasteiger partial charge in [-0.2, -0.15) is 0 Å². The van der Waals surface area contributed by atoms with Crippen LogP contribution in [0.4, 0.5) is 5.69 Å². The van der Waals surface area contributed by atoms with E-state index in [-0.39, 0.29) is 12.4 Å². The van der Waals surface area contributed by atoms with E-state index in [1.54, 1.807) is 13.2 Å². The van der Waals surface area contributed by atoms with E-state index in [0.717, 1.165) is 11.5 Å². The van der Waals surface area contributed by atoms with Crippen LogP contribution in [0.3, 0.4) is 0 Å². The predicted octanol–water partition coefficient (Wildman–Crippen LogP) is 3.49. The Hall–Kier alpha value is -1.87. The summed E-state index contributed by atoms with van der Waals surface area (Å²) in [7, 11) is 1.63. The van der Waals surface area contributed by atoms with Crippen molar-refractivity contribution in [2.45, 2.75) is 0 Å².